The number of aliphatic carboxylic acids is 1. The van der Waals surface area contributed by atoms with Gasteiger partial charge in [0.2, 0.25) is 5.95 Å². The molecule has 0 aliphatic heterocycles. The molecule has 0 bridgehead atoms. The van der Waals surface area contributed by atoms with Crippen LogP contribution < -0.4 is 10.2 Å². The number of nitrogens with one attached hydrogen (secondary N) is 1. The molecule has 0 unspecified atom stereocenters. The highest BCUT2D eigenvalue weighted by molar-refractivity contribution is 6.08. The number of carbonyl (C=O) groups is 4. The normalized spacial score (nSPS) is 13.2. The average molecular weight is 605 g/mol. The number of anilines is 1. The molecule has 1 atom stereocenters. The van der Waals surface area contributed by atoms with Gasteiger partial charge >= 0.3 is 24.2 Å². The standard InChI is InChI=1S/C32H36N4O8/c1-31(2,3)43-29(40)36(30(41)44-32(4,5)6)27-33-16-15-19(34-27)17-25(26(37)38)35-28(39)42-18-24-22-13-9-7-11-20(22)21-12-8-10-14-23(21)24/h7-16,24-25H,17-18H2,1-6H3,(H,35,39)(H,37,38)/t25-/m0/s1. The third kappa shape index (κ3) is 7.88. The lowest BCUT2D eigenvalue weighted by atomic mass is 9.98. The summed E-state index contributed by atoms with van der Waals surface area (Å²) in [6.45, 7) is 9.77. The van der Waals surface area contributed by atoms with Crippen LogP contribution >= 0.6 is 0 Å². The van der Waals surface area contributed by atoms with Crippen molar-refractivity contribution in [3.63, 3.8) is 0 Å². The summed E-state index contributed by atoms with van der Waals surface area (Å²) in [6, 6.07) is 15.7. The van der Waals surface area contributed by atoms with E-state index in [0.717, 1.165) is 22.3 Å². The molecule has 12 heteroatoms. The molecule has 0 spiro atoms. The number of hydrogen-bond acceptors (Lipinski definition) is 9. The van der Waals surface area contributed by atoms with Crippen molar-refractivity contribution in [3.8, 4) is 11.1 Å². The number of ether oxygens (including phenoxy) is 3. The first-order chi connectivity index (χ1) is 20.6. The number of fused-ring (bicyclic) bond motifs is 3. The van der Waals surface area contributed by atoms with Crippen molar-refractivity contribution in [2.45, 2.75) is 71.1 Å². The van der Waals surface area contributed by atoms with Gasteiger partial charge in [-0.15, -0.1) is 4.90 Å². The van der Waals surface area contributed by atoms with Gasteiger partial charge < -0.3 is 24.6 Å². The number of carboxylic acid groups (broad SMARTS) is 1. The summed E-state index contributed by atoms with van der Waals surface area (Å²) < 4.78 is 16.2. The molecular formula is C32H36N4O8. The Balaban J connectivity index is 1.48. The monoisotopic (exact) mass is 604 g/mol. The van der Waals surface area contributed by atoms with Gasteiger partial charge in [0.15, 0.2) is 0 Å². The van der Waals surface area contributed by atoms with Crippen LogP contribution in [0.5, 0.6) is 0 Å². The van der Waals surface area contributed by atoms with E-state index in [1.54, 1.807) is 41.5 Å². The number of aromatic nitrogens is 2. The average Bonchev–Trinajstić information content (AvgIpc) is 3.23. The van der Waals surface area contributed by atoms with Crippen LogP contribution in [0.2, 0.25) is 0 Å². The van der Waals surface area contributed by atoms with Crippen LogP contribution in [0.15, 0.2) is 60.8 Å². The first kappa shape index (κ1) is 31.9. The van der Waals surface area contributed by atoms with E-state index >= 15 is 0 Å². The van der Waals surface area contributed by atoms with Gasteiger partial charge in [0.25, 0.3) is 0 Å². The fourth-order valence-corrected chi connectivity index (χ4v) is 4.65. The van der Waals surface area contributed by atoms with Gasteiger partial charge in [0.05, 0.1) is 0 Å². The Bertz CT molecular complexity index is 1490. The molecule has 1 aliphatic carbocycles. The van der Waals surface area contributed by atoms with Crippen LogP contribution in [0.25, 0.3) is 11.1 Å². The molecule has 2 aromatic carbocycles. The van der Waals surface area contributed by atoms with Gasteiger partial charge in [-0.25, -0.2) is 29.1 Å². The van der Waals surface area contributed by atoms with Crippen molar-refractivity contribution in [1.82, 2.24) is 15.3 Å². The minimum atomic E-state index is -1.44. The molecule has 44 heavy (non-hydrogen) atoms. The van der Waals surface area contributed by atoms with Crippen LogP contribution in [0.3, 0.4) is 0 Å². The highest BCUT2D eigenvalue weighted by Gasteiger charge is 2.35. The summed E-state index contributed by atoms with van der Waals surface area (Å²) in [5.41, 5.74) is 2.39. The fraction of sp³-hybridized carbons (Fsp3) is 0.375. The van der Waals surface area contributed by atoms with Crippen LogP contribution in [-0.4, -0.2) is 63.2 Å². The second-order valence-corrected chi connectivity index (χ2v) is 12.2. The molecule has 3 amide bonds. The molecule has 2 N–H and O–H groups in total. The molecule has 1 aromatic heterocycles. The van der Waals surface area contributed by atoms with Gasteiger partial charge in [-0.3, -0.25) is 0 Å². The largest absolute Gasteiger partial charge is 0.480 e. The Morgan fingerprint density at radius 3 is 1.89 bits per heavy atom. The zero-order chi connectivity index (χ0) is 32.2. The molecule has 12 nitrogen and oxygen atoms in total. The van der Waals surface area contributed by atoms with E-state index in [2.05, 4.69) is 15.3 Å². The minimum Gasteiger partial charge on any atom is -0.480 e. The van der Waals surface area contributed by atoms with Crippen molar-refractivity contribution >= 4 is 30.2 Å². The number of rotatable bonds is 7. The van der Waals surface area contributed by atoms with E-state index in [9.17, 15) is 24.3 Å². The van der Waals surface area contributed by atoms with E-state index in [1.807, 2.05) is 48.5 Å². The number of carboxylic acids is 1. The molecule has 1 heterocycles. The zero-order valence-electron chi connectivity index (χ0n) is 25.5. The third-order valence-corrected chi connectivity index (χ3v) is 6.40. The molecular weight excluding hydrogens is 568 g/mol. The number of carbonyl (C=O) groups excluding carboxylic acids is 3. The van der Waals surface area contributed by atoms with Gasteiger partial charge in [-0.2, -0.15) is 0 Å². The highest BCUT2D eigenvalue weighted by atomic mass is 16.6. The predicted molar refractivity (Wildman–Crippen MR) is 160 cm³/mol. The third-order valence-electron chi connectivity index (χ3n) is 6.40. The summed E-state index contributed by atoms with van der Waals surface area (Å²) in [7, 11) is 0. The first-order valence-electron chi connectivity index (χ1n) is 14.1. The maximum atomic E-state index is 13.0. The van der Waals surface area contributed by atoms with E-state index in [-0.39, 0.29) is 30.6 Å². The lowest BCUT2D eigenvalue weighted by molar-refractivity contribution is -0.139. The Labute approximate surface area is 255 Å². The minimum absolute atomic E-state index is 0.00455. The SMILES string of the molecule is CC(C)(C)OC(=O)N(C(=O)OC(C)(C)C)c1nccc(C[C@H](NC(=O)OCC2c3ccccc3-c3ccccc32)C(=O)O)n1. The Morgan fingerprint density at radius 1 is 0.864 bits per heavy atom. The van der Waals surface area contributed by atoms with E-state index in [1.165, 1.54) is 12.3 Å². The first-order valence-corrected chi connectivity index (χ1v) is 14.1. The second-order valence-electron chi connectivity index (χ2n) is 12.2. The van der Waals surface area contributed by atoms with Crippen molar-refractivity contribution in [2.75, 3.05) is 11.5 Å². The molecule has 0 fully saturated rings. The number of imide groups is 1. The Kier molecular flexibility index (Phi) is 9.22. The predicted octanol–water partition coefficient (Wildman–Crippen LogP) is 5.69. The van der Waals surface area contributed by atoms with E-state index < -0.39 is 41.5 Å². The van der Waals surface area contributed by atoms with E-state index in [0.29, 0.717) is 4.90 Å². The highest BCUT2D eigenvalue weighted by Crippen LogP contribution is 2.44. The van der Waals surface area contributed by atoms with Crippen molar-refractivity contribution in [3.05, 3.63) is 77.6 Å². The van der Waals surface area contributed by atoms with Crippen LogP contribution in [0, 0.1) is 0 Å². The molecule has 1 aliphatic rings. The summed E-state index contributed by atoms with van der Waals surface area (Å²) in [6.07, 6.45) is -2.11. The van der Waals surface area contributed by atoms with E-state index in [4.69, 9.17) is 14.2 Å². The van der Waals surface area contributed by atoms with Gasteiger partial charge in [-0.1, -0.05) is 48.5 Å². The Morgan fingerprint density at radius 2 is 1.39 bits per heavy atom. The molecule has 0 saturated heterocycles. The number of benzene rings is 2. The van der Waals surface area contributed by atoms with Crippen molar-refractivity contribution < 1.29 is 38.5 Å². The molecule has 232 valence electrons. The lowest BCUT2D eigenvalue weighted by Gasteiger charge is -2.27. The number of nitrogens with zero attached hydrogens (tertiary/aromatic N) is 3. The molecule has 4 rings (SSSR count). The van der Waals surface area contributed by atoms with Crippen molar-refractivity contribution in [2.24, 2.45) is 0 Å². The smallest absolute Gasteiger partial charge is 0.427 e. The van der Waals surface area contributed by atoms with Crippen molar-refractivity contribution in [1.29, 1.82) is 0 Å². The summed E-state index contributed by atoms with van der Waals surface area (Å²) in [5, 5.41) is 12.2. The maximum Gasteiger partial charge on any atom is 0.427 e. The second kappa shape index (κ2) is 12.7. The fourth-order valence-electron chi connectivity index (χ4n) is 4.65. The zero-order valence-corrected chi connectivity index (χ0v) is 25.5. The number of amides is 3. The molecule has 0 radical (unpaired) electrons. The van der Waals surface area contributed by atoms with Crippen LogP contribution in [-0.2, 0) is 25.4 Å². The van der Waals surface area contributed by atoms with Crippen LogP contribution in [0.4, 0.5) is 20.3 Å². The number of alkyl carbamates (subject to hydrolysis) is 1. The lowest BCUT2D eigenvalue weighted by Crippen LogP contribution is -2.45. The van der Waals surface area contributed by atoms with Gasteiger partial charge in [0, 0.05) is 24.2 Å². The topological polar surface area (TPSA) is 157 Å². The van der Waals surface area contributed by atoms with Gasteiger partial charge in [0.1, 0.15) is 23.9 Å². The Hall–Kier alpha value is -5.00. The summed E-state index contributed by atoms with van der Waals surface area (Å²) >= 11 is 0. The van der Waals surface area contributed by atoms with Crippen LogP contribution in [0.1, 0.15) is 64.3 Å². The quantitative estimate of drug-likeness (QED) is 0.321. The molecule has 3 aromatic rings. The maximum absolute atomic E-state index is 13.0. The van der Waals surface area contributed by atoms with Gasteiger partial charge in [-0.05, 0) is 69.9 Å². The number of hydrogen-bond donors (Lipinski definition) is 2. The summed E-state index contributed by atoms with van der Waals surface area (Å²) in [5.74, 6) is -1.92. The molecule has 0 saturated carbocycles. The summed E-state index contributed by atoms with van der Waals surface area (Å²) in [4.78, 5) is 59.6.